The molecule has 2 heterocycles. The van der Waals surface area contributed by atoms with Gasteiger partial charge in [0.2, 0.25) is 0 Å². The highest BCUT2D eigenvalue weighted by atomic mass is 35.5. The molecule has 0 radical (unpaired) electrons. The number of rotatable bonds is 3. The molecule has 3 rings (SSSR count). The summed E-state index contributed by atoms with van der Waals surface area (Å²) in [6.07, 6.45) is 1.66. The Bertz CT molecular complexity index is 964. The molecule has 0 unspecified atom stereocenters. The number of amides is 1. The number of nitrogens with zero attached hydrogens (tertiary/aromatic N) is 1. The quantitative estimate of drug-likeness (QED) is 0.433. The van der Waals surface area contributed by atoms with Crippen molar-refractivity contribution in [2.24, 2.45) is 5.10 Å². The van der Waals surface area contributed by atoms with Crippen LogP contribution in [0.1, 0.15) is 46.4 Å². The number of carbonyl (C=O) groups is 1. The van der Waals surface area contributed by atoms with Crippen LogP contribution in [0.25, 0.3) is 10.1 Å². The number of fused-ring (bicyclic) bond motifs is 1. The van der Waals surface area contributed by atoms with Gasteiger partial charge in [-0.25, -0.2) is 5.43 Å². The van der Waals surface area contributed by atoms with Crippen molar-refractivity contribution >= 4 is 56.5 Å². The minimum absolute atomic E-state index is 0.0515. The molecule has 0 saturated carbocycles. The fourth-order valence-corrected chi connectivity index (χ4v) is 4.63. The molecule has 25 heavy (non-hydrogen) atoms. The van der Waals surface area contributed by atoms with Gasteiger partial charge in [0.25, 0.3) is 5.91 Å². The largest absolute Gasteiger partial charge is 0.283 e. The Morgan fingerprint density at radius 3 is 2.68 bits per heavy atom. The van der Waals surface area contributed by atoms with Crippen LogP contribution in [0.5, 0.6) is 0 Å². The molecule has 0 aliphatic carbocycles. The van der Waals surface area contributed by atoms with E-state index in [0.717, 1.165) is 20.5 Å². The van der Waals surface area contributed by atoms with Crippen LogP contribution in [-0.4, -0.2) is 12.1 Å². The van der Waals surface area contributed by atoms with Crippen molar-refractivity contribution in [2.75, 3.05) is 0 Å². The van der Waals surface area contributed by atoms with E-state index in [1.165, 1.54) is 16.9 Å². The summed E-state index contributed by atoms with van der Waals surface area (Å²) in [5, 5.41) is 7.44. The maximum Gasteiger partial charge on any atom is 0.283 e. The average Bonchev–Trinajstić information content (AvgIpc) is 3.10. The van der Waals surface area contributed by atoms with E-state index in [1.54, 1.807) is 17.6 Å². The van der Waals surface area contributed by atoms with Crippen LogP contribution in [0.2, 0.25) is 5.02 Å². The highest BCUT2D eigenvalue weighted by molar-refractivity contribution is 7.21. The molecule has 1 aromatic carbocycles. The fraction of sp³-hybridized carbons (Fsp3) is 0.263. The molecule has 0 aliphatic heterocycles. The van der Waals surface area contributed by atoms with Gasteiger partial charge in [0.1, 0.15) is 4.88 Å². The minimum Gasteiger partial charge on any atom is -0.266 e. The molecule has 6 heteroatoms. The maximum absolute atomic E-state index is 12.4. The predicted molar refractivity (Wildman–Crippen MR) is 110 cm³/mol. The zero-order valence-electron chi connectivity index (χ0n) is 14.5. The van der Waals surface area contributed by atoms with Gasteiger partial charge in [0, 0.05) is 15.0 Å². The van der Waals surface area contributed by atoms with Gasteiger partial charge in [0.05, 0.1) is 11.2 Å². The van der Waals surface area contributed by atoms with Crippen LogP contribution in [0, 0.1) is 6.92 Å². The zero-order valence-corrected chi connectivity index (χ0v) is 16.9. The molecule has 3 aromatic rings. The van der Waals surface area contributed by atoms with E-state index in [9.17, 15) is 4.79 Å². The zero-order chi connectivity index (χ0) is 18.2. The first-order valence-electron chi connectivity index (χ1n) is 7.87. The fourth-order valence-electron chi connectivity index (χ4n) is 2.39. The van der Waals surface area contributed by atoms with Gasteiger partial charge >= 0.3 is 0 Å². The van der Waals surface area contributed by atoms with Crippen molar-refractivity contribution < 1.29 is 4.79 Å². The third-order valence-corrected chi connectivity index (χ3v) is 6.56. The molecule has 1 N–H and O–H groups in total. The van der Waals surface area contributed by atoms with Gasteiger partial charge < -0.3 is 0 Å². The van der Waals surface area contributed by atoms with E-state index in [2.05, 4.69) is 43.4 Å². The van der Waals surface area contributed by atoms with Crippen molar-refractivity contribution in [3.05, 3.63) is 55.5 Å². The SMILES string of the molecule is Cc1ccsc1/C=N/NC(=O)c1sc2cc(C(C)(C)C)ccc2c1Cl. The lowest BCUT2D eigenvalue weighted by Gasteiger charge is -2.18. The van der Waals surface area contributed by atoms with E-state index in [0.29, 0.717) is 9.90 Å². The molecule has 0 fully saturated rings. The van der Waals surface area contributed by atoms with Crippen molar-refractivity contribution in [1.29, 1.82) is 0 Å². The lowest BCUT2D eigenvalue weighted by Crippen LogP contribution is -2.16. The van der Waals surface area contributed by atoms with Gasteiger partial charge in [-0.2, -0.15) is 5.10 Å². The second-order valence-electron chi connectivity index (χ2n) is 6.87. The molecular weight excluding hydrogens is 372 g/mol. The topological polar surface area (TPSA) is 41.5 Å². The van der Waals surface area contributed by atoms with Crippen molar-refractivity contribution in [2.45, 2.75) is 33.1 Å². The van der Waals surface area contributed by atoms with Gasteiger partial charge in [-0.05, 0) is 41.0 Å². The number of thiophene rings is 2. The molecule has 0 atom stereocenters. The van der Waals surface area contributed by atoms with Crippen LogP contribution in [0.3, 0.4) is 0 Å². The van der Waals surface area contributed by atoms with E-state index in [-0.39, 0.29) is 11.3 Å². The molecule has 1 amide bonds. The molecule has 0 bridgehead atoms. The lowest BCUT2D eigenvalue weighted by atomic mass is 9.87. The minimum atomic E-state index is -0.283. The van der Waals surface area contributed by atoms with E-state index in [4.69, 9.17) is 11.6 Å². The standard InChI is InChI=1S/C19H19ClN2OS2/c1-11-7-8-24-15(11)10-21-22-18(23)17-16(20)13-6-5-12(19(2,3)4)9-14(13)25-17/h5-10H,1-4H3,(H,22,23)/b21-10+. The molecule has 130 valence electrons. The maximum atomic E-state index is 12.4. The summed E-state index contributed by atoms with van der Waals surface area (Å²) in [5.41, 5.74) is 4.98. The summed E-state index contributed by atoms with van der Waals surface area (Å²) in [6.45, 7) is 8.50. The summed E-state index contributed by atoms with van der Waals surface area (Å²) < 4.78 is 1.01. The number of hydrogen-bond acceptors (Lipinski definition) is 4. The van der Waals surface area contributed by atoms with Crippen molar-refractivity contribution in [3.8, 4) is 0 Å². The number of carbonyl (C=O) groups excluding carboxylic acids is 1. The normalized spacial score (nSPS) is 12.2. The molecule has 3 nitrogen and oxygen atoms in total. The molecular formula is C19H19ClN2OS2. The van der Waals surface area contributed by atoms with Crippen molar-refractivity contribution in [1.82, 2.24) is 5.43 Å². The Morgan fingerprint density at radius 1 is 1.28 bits per heavy atom. The van der Waals surface area contributed by atoms with E-state index in [1.807, 2.05) is 24.4 Å². The number of hydrogen-bond donors (Lipinski definition) is 1. The Hall–Kier alpha value is -1.69. The highest BCUT2D eigenvalue weighted by Gasteiger charge is 2.19. The van der Waals surface area contributed by atoms with Gasteiger partial charge in [-0.3, -0.25) is 4.79 Å². The van der Waals surface area contributed by atoms with Gasteiger partial charge in [-0.15, -0.1) is 22.7 Å². The Labute approximate surface area is 160 Å². The Morgan fingerprint density at radius 2 is 2.04 bits per heavy atom. The summed E-state index contributed by atoms with van der Waals surface area (Å²) in [5.74, 6) is -0.283. The third kappa shape index (κ3) is 3.78. The number of hydrazone groups is 1. The summed E-state index contributed by atoms with van der Waals surface area (Å²) in [7, 11) is 0. The van der Waals surface area contributed by atoms with E-state index < -0.39 is 0 Å². The molecule has 0 saturated heterocycles. The van der Waals surface area contributed by atoms with Crippen LogP contribution in [0.15, 0.2) is 34.7 Å². The molecule has 2 aromatic heterocycles. The first-order chi connectivity index (χ1) is 11.8. The molecule has 0 spiro atoms. The second kappa shape index (κ2) is 6.90. The first kappa shape index (κ1) is 18.1. The summed E-state index contributed by atoms with van der Waals surface area (Å²) in [4.78, 5) is 13.9. The van der Waals surface area contributed by atoms with Crippen LogP contribution < -0.4 is 5.43 Å². The Balaban J connectivity index is 1.85. The number of nitrogens with one attached hydrogen (secondary N) is 1. The van der Waals surface area contributed by atoms with Crippen LogP contribution in [0.4, 0.5) is 0 Å². The number of aryl methyl sites for hydroxylation is 1. The summed E-state index contributed by atoms with van der Waals surface area (Å²) in [6, 6.07) is 8.19. The number of halogens is 1. The number of benzene rings is 1. The molecule has 0 aliphatic rings. The highest BCUT2D eigenvalue weighted by Crippen LogP contribution is 2.37. The smallest absolute Gasteiger partial charge is 0.266 e. The third-order valence-electron chi connectivity index (χ3n) is 3.95. The van der Waals surface area contributed by atoms with Gasteiger partial charge in [-0.1, -0.05) is 44.5 Å². The monoisotopic (exact) mass is 390 g/mol. The van der Waals surface area contributed by atoms with E-state index >= 15 is 0 Å². The predicted octanol–water partition coefficient (Wildman–Crippen LogP) is 5.99. The van der Waals surface area contributed by atoms with Crippen molar-refractivity contribution in [3.63, 3.8) is 0 Å². The first-order valence-corrected chi connectivity index (χ1v) is 9.95. The lowest BCUT2D eigenvalue weighted by molar-refractivity contribution is 0.0959. The summed E-state index contributed by atoms with van der Waals surface area (Å²) >= 11 is 9.40. The second-order valence-corrected chi connectivity index (χ2v) is 9.25. The van der Waals surface area contributed by atoms with Gasteiger partial charge in [0.15, 0.2) is 0 Å². The van der Waals surface area contributed by atoms with Crippen LogP contribution in [-0.2, 0) is 5.41 Å². The van der Waals surface area contributed by atoms with Crippen LogP contribution >= 0.6 is 34.3 Å². The average molecular weight is 391 g/mol. The Kier molecular flexibility index (Phi) is 5.00.